The molecule has 0 bridgehead atoms. The number of likely N-dealkylation sites (N-methyl/N-ethyl adjacent to an activating group) is 1. The van der Waals surface area contributed by atoms with E-state index in [-0.39, 0.29) is 19.8 Å². The van der Waals surface area contributed by atoms with E-state index in [1.165, 1.54) is 18.4 Å². The number of carbonyl (C=O) groups is 4. The van der Waals surface area contributed by atoms with E-state index in [9.17, 15) is 19.2 Å². The summed E-state index contributed by atoms with van der Waals surface area (Å²) < 4.78 is 10.6. The Bertz CT molecular complexity index is 862. The van der Waals surface area contributed by atoms with Gasteiger partial charge in [-0.1, -0.05) is 75.8 Å². The van der Waals surface area contributed by atoms with Gasteiger partial charge in [-0.05, 0) is 25.8 Å². The average Bonchev–Trinajstić information content (AvgIpc) is 3.18. The smallest absolute Gasteiger partial charge is 0.331 e. The van der Waals surface area contributed by atoms with Crippen LogP contribution in [0.15, 0.2) is 30.3 Å². The van der Waals surface area contributed by atoms with Crippen LogP contribution in [-0.4, -0.2) is 72.0 Å². The van der Waals surface area contributed by atoms with E-state index in [2.05, 4.69) is 12.2 Å². The first-order valence-electron chi connectivity index (χ1n) is 13.0. The fourth-order valence-corrected chi connectivity index (χ4v) is 4.21. The van der Waals surface area contributed by atoms with Crippen molar-refractivity contribution in [2.24, 2.45) is 0 Å². The number of imide groups is 1. The van der Waals surface area contributed by atoms with Crippen molar-refractivity contribution in [1.82, 2.24) is 15.1 Å². The molecule has 3 atom stereocenters. The fraction of sp³-hybridized carbons (Fsp3) is 0.630. The van der Waals surface area contributed by atoms with Crippen LogP contribution >= 0.6 is 0 Å². The number of rotatable bonds is 15. The summed E-state index contributed by atoms with van der Waals surface area (Å²) in [6.07, 6.45) is 6.95. The highest BCUT2D eigenvalue weighted by Crippen LogP contribution is 2.19. The van der Waals surface area contributed by atoms with Gasteiger partial charge in [0.05, 0.1) is 19.2 Å². The van der Waals surface area contributed by atoms with Gasteiger partial charge in [0.25, 0.3) is 0 Å². The molecule has 0 spiro atoms. The van der Waals surface area contributed by atoms with Crippen LogP contribution in [0.2, 0.25) is 0 Å². The fourth-order valence-electron chi connectivity index (χ4n) is 4.21. The number of hydrogen-bond acceptors (Lipinski definition) is 7. The minimum atomic E-state index is -1.05. The maximum Gasteiger partial charge on any atom is 0.331 e. The minimum absolute atomic E-state index is 0.0456. The quantitative estimate of drug-likeness (QED) is 0.288. The molecule has 1 saturated heterocycles. The van der Waals surface area contributed by atoms with Crippen molar-refractivity contribution in [2.45, 2.75) is 90.4 Å². The van der Waals surface area contributed by atoms with Gasteiger partial charge in [0.1, 0.15) is 12.6 Å². The number of nitrogens with one attached hydrogen (secondary N) is 1. The van der Waals surface area contributed by atoms with Gasteiger partial charge in [-0.3, -0.25) is 14.9 Å². The Morgan fingerprint density at radius 1 is 1.03 bits per heavy atom. The van der Waals surface area contributed by atoms with Crippen LogP contribution in [0.25, 0.3) is 0 Å². The van der Waals surface area contributed by atoms with Gasteiger partial charge in [0, 0.05) is 7.05 Å². The van der Waals surface area contributed by atoms with Crippen LogP contribution in [0.4, 0.5) is 4.79 Å². The molecule has 1 aliphatic rings. The van der Waals surface area contributed by atoms with Crippen molar-refractivity contribution < 1.29 is 28.7 Å². The lowest BCUT2D eigenvalue weighted by molar-refractivity contribution is -0.153. The summed E-state index contributed by atoms with van der Waals surface area (Å²) in [6, 6.07) is 6.02. The van der Waals surface area contributed by atoms with Crippen LogP contribution in [0.3, 0.4) is 0 Å². The van der Waals surface area contributed by atoms with Gasteiger partial charge in [0.15, 0.2) is 6.04 Å². The van der Waals surface area contributed by atoms with Gasteiger partial charge in [0.2, 0.25) is 5.91 Å². The number of esters is 2. The third-order valence-electron chi connectivity index (χ3n) is 6.26. The van der Waals surface area contributed by atoms with Crippen LogP contribution in [0.5, 0.6) is 0 Å². The molecule has 9 nitrogen and oxygen atoms in total. The number of ether oxygens (including phenoxy) is 2. The molecule has 36 heavy (non-hydrogen) atoms. The zero-order chi connectivity index (χ0) is 26.5. The molecule has 9 heteroatoms. The van der Waals surface area contributed by atoms with E-state index in [1.54, 1.807) is 13.8 Å². The lowest BCUT2D eigenvalue weighted by Gasteiger charge is -2.26. The Hall–Kier alpha value is -2.94. The maximum atomic E-state index is 13.3. The molecule has 200 valence electrons. The Kier molecular flexibility index (Phi) is 12.4. The van der Waals surface area contributed by atoms with Crippen molar-refractivity contribution in [3.05, 3.63) is 35.9 Å². The average molecular weight is 504 g/mol. The van der Waals surface area contributed by atoms with Gasteiger partial charge < -0.3 is 14.4 Å². The molecular weight excluding hydrogens is 462 g/mol. The van der Waals surface area contributed by atoms with E-state index in [0.29, 0.717) is 6.42 Å². The second-order valence-corrected chi connectivity index (χ2v) is 9.23. The molecule has 2 rings (SSSR count). The highest BCUT2D eigenvalue weighted by Gasteiger charge is 2.46. The molecule has 0 unspecified atom stereocenters. The number of carbonyl (C=O) groups excluding carboxylic acids is 4. The largest absolute Gasteiger partial charge is 0.465 e. The van der Waals surface area contributed by atoms with Crippen molar-refractivity contribution in [3.63, 3.8) is 0 Å². The van der Waals surface area contributed by atoms with Crippen molar-refractivity contribution in [1.29, 1.82) is 0 Å². The normalized spacial score (nSPS) is 17.1. The second-order valence-electron chi connectivity index (χ2n) is 9.23. The molecule has 1 N–H and O–H groups in total. The van der Waals surface area contributed by atoms with Gasteiger partial charge in [-0.15, -0.1) is 0 Å². The molecule has 1 fully saturated rings. The van der Waals surface area contributed by atoms with Crippen LogP contribution in [-0.2, 0) is 30.5 Å². The van der Waals surface area contributed by atoms with Crippen LogP contribution < -0.4 is 5.32 Å². The Morgan fingerprint density at radius 2 is 1.69 bits per heavy atom. The van der Waals surface area contributed by atoms with E-state index in [1.807, 2.05) is 30.3 Å². The summed E-state index contributed by atoms with van der Waals surface area (Å²) in [4.78, 5) is 53.7. The summed E-state index contributed by atoms with van der Waals surface area (Å²) in [5, 5.41) is 3.04. The number of amides is 3. The molecule has 1 aromatic rings. The predicted octanol–water partition coefficient (Wildman–Crippen LogP) is 3.65. The summed E-state index contributed by atoms with van der Waals surface area (Å²) in [5.41, 5.74) is 0.809. The zero-order valence-corrected chi connectivity index (χ0v) is 22.0. The third kappa shape index (κ3) is 8.62. The number of nitrogens with zero attached hydrogens (tertiary/aromatic N) is 2. The molecule has 0 aromatic heterocycles. The number of hydrogen-bond donors (Lipinski definition) is 1. The van der Waals surface area contributed by atoms with E-state index < -0.39 is 42.0 Å². The minimum Gasteiger partial charge on any atom is -0.465 e. The van der Waals surface area contributed by atoms with Crippen molar-refractivity contribution >= 4 is 23.9 Å². The first-order chi connectivity index (χ1) is 17.3. The van der Waals surface area contributed by atoms with Gasteiger partial charge >= 0.3 is 18.0 Å². The summed E-state index contributed by atoms with van der Waals surface area (Å²) in [5.74, 6) is -1.65. The molecule has 0 aliphatic carbocycles. The summed E-state index contributed by atoms with van der Waals surface area (Å²) in [7, 11) is 1.53. The monoisotopic (exact) mass is 503 g/mol. The lowest BCUT2D eigenvalue weighted by atomic mass is 10.0. The standard InChI is InChI=1S/C27H41N3O6/c1-5-7-8-9-10-14-17-22(25(32)35-6-2)28-20(3)24(31)30-23(18-29(4)27(30)34)26(33)36-19-21-15-12-11-13-16-21/h11-13,15-16,20,22-23,28H,5-10,14,17-19H2,1-4H3/t20-,22-,23-/m0/s1. The molecule has 1 aliphatic heterocycles. The highest BCUT2D eigenvalue weighted by atomic mass is 16.5. The van der Waals surface area contributed by atoms with E-state index in [4.69, 9.17) is 9.47 Å². The molecule has 0 saturated carbocycles. The molecule has 1 heterocycles. The Labute approximate surface area is 214 Å². The maximum absolute atomic E-state index is 13.3. The predicted molar refractivity (Wildman–Crippen MR) is 136 cm³/mol. The third-order valence-corrected chi connectivity index (χ3v) is 6.26. The number of urea groups is 1. The van der Waals surface area contributed by atoms with Crippen molar-refractivity contribution in [3.8, 4) is 0 Å². The number of unbranched alkanes of at least 4 members (excludes halogenated alkanes) is 5. The van der Waals surface area contributed by atoms with Crippen LogP contribution in [0, 0.1) is 0 Å². The van der Waals surface area contributed by atoms with Gasteiger partial charge in [-0.2, -0.15) is 0 Å². The first kappa shape index (κ1) is 29.3. The molecule has 1 aromatic carbocycles. The van der Waals surface area contributed by atoms with E-state index >= 15 is 0 Å². The zero-order valence-electron chi connectivity index (χ0n) is 22.0. The highest BCUT2D eigenvalue weighted by molar-refractivity contribution is 6.03. The molecular formula is C27H41N3O6. The topological polar surface area (TPSA) is 105 Å². The van der Waals surface area contributed by atoms with E-state index in [0.717, 1.165) is 42.6 Å². The van der Waals surface area contributed by atoms with Crippen LogP contribution in [0.1, 0.15) is 71.3 Å². The lowest BCUT2D eigenvalue weighted by Crippen LogP contribution is -2.54. The van der Waals surface area contributed by atoms with Gasteiger partial charge in [-0.25, -0.2) is 14.5 Å². The second kappa shape index (κ2) is 15.2. The Morgan fingerprint density at radius 3 is 2.36 bits per heavy atom. The summed E-state index contributed by atoms with van der Waals surface area (Å²) in [6.45, 7) is 5.82. The first-order valence-corrected chi connectivity index (χ1v) is 13.0. The summed E-state index contributed by atoms with van der Waals surface area (Å²) >= 11 is 0. The number of benzene rings is 1. The SMILES string of the molecule is CCCCCCCC[C@H](N[C@@H](C)C(=O)N1C(=O)N(C)C[C@H]1C(=O)OCc1ccccc1)C(=O)OCC. The molecule has 3 amide bonds. The Balaban J connectivity index is 2.01. The molecule has 0 radical (unpaired) electrons. The van der Waals surface area contributed by atoms with Crippen molar-refractivity contribution in [2.75, 3.05) is 20.2 Å².